The molecule has 4 heteroatoms. The van der Waals surface area contributed by atoms with E-state index in [1.54, 1.807) is 12.1 Å². The Morgan fingerprint density at radius 3 is 2.80 bits per heavy atom. The van der Waals surface area contributed by atoms with Gasteiger partial charge < -0.3 is 10.5 Å². The van der Waals surface area contributed by atoms with E-state index in [0.29, 0.717) is 22.9 Å². The van der Waals surface area contributed by atoms with Crippen LogP contribution in [0.1, 0.15) is 29.7 Å². The minimum atomic E-state index is -0.158. The van der Waals surface area contributed by atoms with Crippen LogP contribution in [0.4, 0.5) is 0 Å². The molecule has 20 heavy (non-hydrogen) atoms. The number of nitrogens with two attached hydrogens (primary N) is 1. The number of rotatable bonds is 4. The van der Waals surface area contributed by atoms with Crippen molar-refractivity contribution in [1.82, 2.24) is 0 Å². The first-order valence-electron chi connectivity index (χ1n) is 6.27. The van der Waals surface area contributed by atoms with E-state index in [0.717, 1.165) is 11.1 Å². The summed E-state index contributed by atoms with van der Waals surface area (Å²) in [6.45, 7) is 2.27. The third-order valence-electron chi connectivity index (χ3n) is 2.91. The van der Waals surface area contributed by atoms with Gasteiger partial charge in [0.2, 0.25) is 0 Å². The predicted octanol–water partition coefficient (Wildman–Crippen LogP) is 3.81. The summed E-state index contributed by atoms with van der Waals surface area (Å²) >= 11 is 5.97. The van der Waals surface area contributed by atoms with Crippen LogP contribution in [-0.4, -0.2) is 0 Å². The monoisotopic (exact) mass is 286 g/mol. The lowest BCUT2D eigenvalue weighted by molar-refractivity contribution is 0.301. The third kappa shape index (κ3) is 3.51. The molecule has 0 fully saturated rings. The van der Waals surface area contributed by atoms with Crippen molar-refractivity contribution >= 4 is 11.6 Å². The van der Waals surface area contributed by atoms with Gasteiger partial charge in [0.25, 0.3) is 0 Å². The summed E-state index contributed by atoms with van der Waals surface area (Å²) in [5.74, 6) is 0.715. The molecule has 0 bridgehead atoms. The summed E-state index contributed by atoms with van der Waals surface area (Å²) in [7, 11) is 0. The molecule has 0 heterocycles. The Morgan fingerprint density at radius 2 is 2.10 bits per heavy atom. The van der Waals surface area contributed by atoms with Gasteiger partial charge in [-0.2, -0.15) is 5.26 Å². The quantitative estimate of drug-likeness (QED) is 0.930. The number of hydrogen-bond donors (Lipinski definition) is 1. The maximum atomic E-state index is 8.87. The average Bonchev–Trinajstić information content (AvgIpc) is 2.46. The fourth-order valence-electron chi connectivity index (χ4n) is 1.90. The summed E-state index contributed by atoms with van der Waals surface area (Å²) in [6.07, 6.45) is 0. The minimum Gasteiger partial charge on any atom is -0.489 e. The number of ether oxygens (including phenoxy) is 1. The summed E-state index contributed by atoms with van der Waals surface area (Å²) < 4.78 is 5.79. The van der Waals surface area contributed by atoms with Gasteiger partial charge in [0.15, 0.2) is 0 Å². The Bertz CT molecular complexity index is 647. The second kappa shape index (κ2) is 6.42. The van der Waals surface area contributed by atoms with E-state index in [9.17, 15) is 0 Å². The molecular weight excluding hydrogens is 272 g/mol. The highest BCUT2D eigenvalue weighted by atomic mass is 35.5. The van der Waals surface area contributed by atoms with Crippen molar-refractivity contribution in [2.45, 2.75) is 19.6 Å². The molecule has 0 radical (unpaired) electrons. The van der Waals surface area contributed by atoms with Crippen LogP contribution in [0.5, 0.6) is 5.75 Å². The minimum absolute atomic E-state index is 0.158. The van der Waals surface area contributed by atoms with E-state index in [1.807, 2.05) is 37.3 Å². The highest BCUT2D eigenvalue weighted by Crippen LogP contribution is 2.27. The average molecular weight is 287 g/mol. The number of benzene rings is 2. The molecule has 0 aliphatic heterocycles. The van der Waals surface area contributed by atoms with Gasteiger partial charge in [-0.3, -0.25) is 0 Å². The van der Waals surface area contributed by atoms with Crippen LogP contribution < -0.4 is 10.5 Å². The van der Waals surface area contributed by atoms with Crippen LogP contribution >= 0.6 is 11.6 Å². The summed E-state index contributed by atoms with van der Waals surface area (Å²) in [6, 6.07) is 14.7. The topological polar surface area (TPSA) is 59.0 Å². The van der Waals surface area contributed by atoms with E-state index in [4.69, 9.17) is 27.3 Å². The second-order valence-electron chi connectivity index (χ2n) is 4.57. The molecule has 0 aromatic heterocycles. The molecule has 1 unspecified atom stereocenters. The zero-order valence-electron chi connectivity index (χ0n) is 11.1. The molecule has 1 atom stereocenters. The lowest BCUT2D eigenvalue weighted by Gasteiger charge is -2.14. The van der Waals surface area contributed by atoms with Crippen molar-refractivity contribution < 1.29 is 4.74 Å². The number of hydrogen-bond acceptors (Lipinski definition) is 3. The molecule has 0 aliphatic carbocycles. The van der Waals surface area contributed by atoms with E-state index in [-0.39, 0.29) is 6.04 Å². The van der Waals surface area contributed by atoms with Crippen molar-refractivity contribution in [3.05, 3.63) is 64.2 Å². The first kappa shape index (κ1) is 14.4. The molecule has 3 nitrogen and oxygen atoms in total. The van der Waals surface area contributed by atoms with Gasteiger partial charge >= 0.3 is 0 Å². The second-order valence-corrected chi connectivity index (χ2v) is 5.01. The van der Waals surface area contributed by atoms with Crippen LogP contribution in [0.3, 0.4) is 0 Å². The molecule has 0 aliphatic rings. The Kier molecular flexibility index (Phi) is 4.62. The van der Waals surface area contributed by atoms with Crippen LogP contribution in [-0.2, 0) is 6.61 Å². The number of halogens is 1. The molecule has 2 aromatic carbocycles. The van der Waals surface area contributed by atoms with E-state index < -0.39 is 0 Å². The van der Waals surface area contributed by atoms with Gasteiger partial charge in [-0.1, -0.05) is 23.7 Å². The Labute approximate surface area is 123 Å². The fraction of sp³-hybridized carbons (Fsp3) is 0.188. The molecule has 2 aromatic rings. The van der Waals surface area contributed by atoms with Gasteiger partial charge in [0.1, 0.15) is 12.4 Å². The van der Waals surface area contributed by atoms with Crippen molar-refractivity contribution in [2.75, 3.05) is 0 Å². The summed E-state index contributed by atoms with van der Waals surface area (Å²) in [4.78, 5) is 0. The number of nitriles is 1. The first-order chi connectivity index (χ1) is 9.60. The van der Waals surface area contributed by atoms with Gasteiger partial charge in [-0.15, -0.1) is 0 Å². The third-order valence-corrected chi connectivity index (χ3v) is 3.15. The van der Waals surface area contributed by atoms with E-state index in [2.05, 4.69) is 6.07 Å². The zero-order valence-corrected chi connectivity index (χ0v) is 11.9. The number of nitrogens with zero attached hydrogens (tertiary/aromatic N) is 1. The van der Waals surface area contributed by atoms with Crippen molar-refractivity contribution in [3.63, 3.8) is 0 Å². The lowest BCUT2D eigenvalue weighted by Crippen LogP contribution is -2.08. The van der Waals surface area contributed by atoms with Crippen LogP contribution in [0.15, 0.2) is 42.5 Å². The summed E-state index contributed by atoms with van der Waals surface area (Å²) in [5.41, 5.74) is 8.35. The SMILES string of the molecule is CC(N)c1cc(Cl)ccc1OCc1cccc(C#N)c1. The molecule has 0 saturated heterocycles. The normalized spacial score (nSPS) is 11.7. The largest absolute Gasteiger partial charge is 0.489 e. The van der Waals surface area contributed by atoms with Gasteiger partial charge in [-0.05, 0) is 42.8 Å². The van der Waals surface area contributed by atoms with Crippen molar-refractivity contribution in [3.8, 4) is 11.8 Å². The van der Waals surface area contributed by atoms with Crippen LogP contribution in [0.25, 0.3) is 0 Å². The van der Waals surface area contributed by atoms with E-state index >= 15 is 0 Å². The Balaban J connectivity index is 2.16. The van der Waals surface area contributed by atoms with Crippen LogP contribution in [0, 0.1) is 11.3 Å². The van der Waals surface area contributed by atoms with Crippen molar-refractivity contribution in [1.29, 1.82) is 5.26 Å². The van der Waals surface area contributed by atoms with E-state index in [1.165, 1.54) is 0 Å². The highest BCUT2D eigenvalue weighted by molar-refractivity contribution is 6.30. The molecule has 0 saturated carbocycles. The fourth-order valence-corrected chi connectivity index (χ4v) is 2.08. The maximum absolute atomic E-state index is 8.87. The molecule has 0 spiro atoms. The lowest BCUT2D eigenvalue weighted by atomic mass is 10.1. The van der Waals surface area contributed by atoms with Gasteiger partial charge in [0, 0.05) is 16.6 Å². The molecule has 2 N–H and O–H groups in total. The van der Waals surface area contributed by atoms with Crippen molar-refractivity contribution in [2.24, 2.45) is 5.73 Å². The Morgan fingerprint density at radius 1 is 1.30 bits per heavy atom. The Hall–Kier alpha value is -2.02. The smallest absolute Gasteiger partial charge is 0.124 e. The summed E-state index contributed by atoms with van der Waals surface area (Å²) in [5, 5.41) is 9.51. The zero-order chi connectivity index (χ0) is 14.5. The molecular formula is C16H15ClN2O. The highest BCUT2D eigenvalue weighted by Gasteiger charge is 2.09. The van der Waals surface area contributed by atoms with Gasteiger partial charge in [0.05, 0.1) is 11.6 Å². The first-order valence-corrected chi connectivity index (χ1v) is 6.65. The maximum Gasteiger partial charge on any atom is 0.124 e. The molecule has 102 valence electrons. The van der Waals surface area contributed by atoms with Crippen LogP contribution in [0.2, 0.25) is 5.02 Å². The molecule has 2 rings (SSSR count). The van der Waals surface area contributed by atoms with Gasteiger partial charge in [-0.25, -0.2) is 0 Å². The predicted molar refractivity (Wildman–Crippen MR) is 79.5 cm³/mol. The molecule has 0 amide bonds. The standard InChI is InChI=1S/C16H15ClN2O/c1-11(19)15-8-14(17)5-6-16(15)20-10-13-4-2-3-12(7-13)9-18/h2-8,11H,10,19H2,1H3.